The lowest BCUT2D eigenvalue weighted by atomic mass is 10.0. The van der Waals surface area contributed by atoms with Crippen LogP contribution in [-0.4, -0.2) is 0 Å². The molecule has 0 aromatic rings. The van der Waals surface area contributed by atoms with Crippen molar-refractivity contribution < 1.29 is 0 Å². The minimum absolute atomic E-state index is 0.729. The van der Waals surface area contributed by atoms with E-state index in [0.29, 0.717) is 0 Å². The molecule has 0 spiro atoms. The fraction of sp³-hybridized carbons (Fsp3) is 0.714. The first-order chi connectivity index (χ1) is 6.66. The van der Waals surface area contributed by atoms with Crippen LogP contribution in [0, 0.1) is 5.92 Å². The van der Waals surface area contributed by atoms with Crippen molar-refractivity contribution in [1.82, 2.24) is 0 Å². The molecule has 0 atom stereocenters. The van der Waals surface area contributed by atoms with Crippen molar-refractivity contribution in [3.63, 3.8) is 0 Å². The largest absolute Gasteiger partial charge is 0.0958 e. The van der Waals surface area contributed by atoms with Crippen LogP contribution in [0.15, 0.2) is 24.3 Å². The van der Waals surface area contributed by atoms with E-state index in [9.17, 15) is 0 Å². The fourth-order valence-electron chi connectivity index (χ4n) is 1.53. The molecule has 0 amide bonds. The number of rotatable bonds is 8. The minimum atomic E-state index is 0.729. The van der Waals surface area contributed by atoms with Gasteiger partial charge in [-0.3, -0.25) is 0 Å². The number of hydrogen-bond acceptors (Lipinski definition) is 0. The van der Waals surface area contributed by atoms with Crippen molar-refractivity contribution in [2.75, 3.05) is 0 Å². The average Bonchev–Trinajstić information content (AvgIpc) is 2.10. The van der Waals surface area contributed by atoms with Crippen LogP contribution in [-0.2, 0) is 0 Å². The molecule has 0 aliphatic carbocycles. The molecule has 0 N–H and O–H groups in total. The summed E-state index contributed by atoms with van der Waals surface area (Å²) in [6.07, 6.45) is 12.2. The monoisotopic (exact) mass is 194 g/mol. The molecule has 0 heteroatoms. The Balaban J connectivity index is 3.38. The SMILES string of the molecule is C=C(/C=C/CCCCCC)CC(C)C. The molecule has 0 rings (SSSR count). The number of unbranched alkanes of at least 4 members (excludes halogenated alkanes) is 4. The van der Waals surface area contributed by atoms with Crippen molar-refractivity contribution in [1.29, 1.82) is 0 Å². The first-order valence-corrected chi connectivity index (χ1v) is 6.01. The van der Waals surface area contributed by atoms with Gasteiger partial charge < -0.3 is 0 Å². The van der Waals surface area contributed by atoms with E-state index in [1.54, 1.807) is 0 Å². The molecule has 0 aromatic carbocycles. The zero-order valence-electron chi connectivity index (χ0n) is 10.2. The summed E-state index contributed by atoms with van der Waals surface area (Å²) in [5.74, 6) is 0.729. The van der Waals surface area contributed by atoms with Gasteiger partial charge in [0.2, 0.25) is 0 Å². The Kier molecular flexibility index (Phi) is 8.72. The molecule has 0 saturated heterocycles. The summed E-state index contributed by atoms with van der Waals surface area (Å²) in [4.78, 5) is 0. The molecule has 0 heterocycles. The molecule has 14 heavy (non-hydrogen) atoms. The highest BCUT2D eigenvalue weighted by Crippen LogP contribution is 2.10. The Bertz CT molecular complexity index is 163. The number of allylic oxidation sites excluding steroid dienone is 3. The maximum Gasteiger partial charge on any atom is -0.0262 e. The van der Waals surface area contributed by atoms with E-state index in [2.05, 4.69) is 39.5 Å². The summed E-state index contributed by atoms with van der Waals surface area (Å²) in [5, 5.41) is 0. The lowest BCUT2D eigenvalue weighted by Gasteiger charge is -2.02. The second kappa shape index (κ2) is 9.05. The lowest BCUT2D eigenvalue weighted by molar-refractivity contribution is 0.649. The first-order valence-electron chi connectivity index (χ1n) is 6.01. The molecule has 0 aliphatic rings. The van der Waals surface area contributed by atoms with Crippen molar-refractivity contribution in [2.45, 2.75) is 59.3 Å². The third kappa shape index (κ3) is 9.57. The van der Waals surface area contributed by atoms with E-state index in [1.165, 1.54) is 37.7 Å². The second-order valence-corrected chi connectivity index (χ2v) is 4.51. The maximum atomic E-state index is 4.04. The summed E-state index contributed by atoms with van der Waals surface area (Å²) in [7, 11) is 0. The van der Waals surface area contributed by atoms with Crippen LogP contribution in [0.1, 0.15) is 59.3 Å². The van der Waals surface area contributed by atoms with Gasteiger partial charge in [-0.1, -0.05) is 64.3 Å². The van der Waals surface area contributed by atoms with Crippen LogP contribution in [0.5, 0.6) is 0 Å². The fourth-order valence-corrected chi connectivity index (χ4v) is 1.53. The third-order valence-electron chi connectivity index (χ3n) is 2.25. The predicted molar refractivity (Wildman–Crippen MR) is 66.5 cm³/mol. The molecular weight excluding hydrogens is 168 g/mol. The van der Waals surface area contributed by atoms with Crippen LogP contribution in [0.3, 0.4) is 0 Å². The maximum absolute atomic E-state index is 4.04. The van der Waals surface area contributed by atoms with E-state index < -0.39 is 0 Å². The topological polar surface area (TPSA) is 0 Å². The molecule has 0 nitrogen and oxygen atoms in total. The Morgan fingerprint density at radius 2 is 1.93 bits per heavy atom. The van der Waals surface area contributed by atoms with E-state index in [-0.39, 0.29) is 0 Å². The van der Waals surface area contributed by atoms with Gasteiger partial charge in [0.1, 0.15) is 0 Å². The third-order valence-corrected chi connectivity index (χ3v) is 2.25. The van der Waals surface area contributed by atoms with Crippen LogP contribution in [0.4, 0.5) is 0 Å². The van der Waals surface area contributed by atoms with Crippen LogP contribution in [0.25, 0.3) is 0 Å². The molecule has 0 bridgehead atoms. The van der Waals surface area contributed by atoms with Crippen molar-refractivity contribution in [3.05, 3.63) is 24.3 Å². The van der Waals surface area contributed by atoms with Gasteiger partial charge in [0.15, 0.2) is 0 Å². The standard InChI is InChI=1S/C14H26/c1-5-6-7-8-9-10-11-14(4)12-13(2)3/h10-11,13H,4-9,12H2,1-3H3/b11-10+. The van der Waals surface area contributed by atoms with Crippen molar-refractivity contribution >= 4 is 0 Å². The molecular formula is C14H26. The number of hydrogen-bond donors (Lipinski definition) is 0. The first kappa shape index (κ1) is 13.5. The molecule has 0 radical (unpaired) electrons. The zero-order chi connectivity index (χ0) is 10.8. The Labute approximate surface area is 90.1 Å². The van der Waals surface area contributed by atoms with Crippen LogP contribution in [0.2, 0.25) is 0 Å². The normalized spacial score (nSPS) is 11.4. The zero-order valence-corrected chi connectivity index (χ0v) is 10.2. The van der Waals surface area contributed by atoms with Gasteiger partial charge in [0.05, 0.1) is 0 Å². The molecule has 0 saturated carbocycles. The summed E-state index contributed by atoms with van der Waals surface area (Å²) in [5.41, 5.74) is 1.27. The molecule has 0 aromatic heterocycles. The van der Waals surface area contributed by atoms with E-state index in [0.717, 1.165) is 12.3 Å². The van der Waals surface area contributed by atoms with Gasteiger partial charge in [0, 0.05) is 0 Å². The summed E-state index contributed by atoms with van der Waals surface area (Å²) >= 11 is 0. The van der Waals surface area contributed by atoms with Gasteiger partial charge in [-0.25, -0.2) is 0 Å². The second-order valence-electron chi connectivity index (χ2n) is 4.51. The Morgan fingerprint density at radius 3 is 2.50 bits per heavy atom. The van der Waals surface area contributed by atoms with Gasteiger partial charge in [0.25, 0.3) is 0 Å². The van der Waals surface area contributed by atoms with Gasteiger partial charge in [-0.05, 0) is 25.2 Å². The molecule has 82 valence electrons. The molecule has 0 fully saturated rings. The molecule has 0 aliphatic heterocycles. The Hall–Kier alpha value is -0.520. The molecule has 0 unspecified atom stereocenters. The summed E-state index contributed by atoms with van der Waals surface area (Å²) in [6.45, 7) is 10.8. The Morgan fingerprint density at radius 1 is 1.21 bits per heavy atom. The summed E-state index contributed by atoms with van der Waals surface area (Å²) < 4.78 is 0. The van der Waals surface area contributed by atoms with Crippen LogP contribution < -0.4 is 0 Å². The smallest absolute Gasteiger partial charge is 0.0262 e. The lowest BCUT2D eigenvalue weighted by Crippen LogP contribution is -1.87. The summed E-state index contributed by atoms with van der Waals surface area (Å²) in [6, 6.07) is 0. The highest BCUT2D eigenvalue weighted by molar-refractivity contribution is 5.14. The van der Waals surface area contributed by atoms with E-state index in [4.69, 9.17) is 0 Å². The minimum Gasteiger partial charge on any atom is -0.0958 e. The highest BCUT2D eigenvalue weighted by atomic mass is 14.0. The predicted octanol–water partition coefficient (Wildman–Crippen LogP) is 5.12. The van der Waals surface area contributed by atoms with Gasteiger partial charge >= 0.3 is 0 Å². The van der Waals surface area contributed by atoms with E-state index >= 15 is 0 Å². The van der Waals surface area contributed by atoms with E-state index in [1.807, 2.05) is 0 Å². The average molecular weight is 194 g/mol. The van der Waals surface area contributed by atoms with Crippen LogP contribution >= 0.6 is 0 Å². The van der Waals surface area contributed by atoms with Gasteiger partial charge in [-0.2, -0.15) is 0 Å². The highest BCUT2D eigenvalue weighted by Gasteiger charge is 1.94. The quantitative estimate of drug-likeness (QED) is 0.372. The van der Waals surface area contributed by atoms with Crippen molar-refractivity contribution in [2.24, 2.45) is 5.92 Å². The van der Waals surface area contributed by atoms with Crippen molar-refractivity contribution in [3.8, 4) is 0 Å². The van der Waals surface area contributed by atoms with Gasteiger partial charge in [-0.15, -0.1) is 0 Å².